The van der Waals surface area contributed by atoms with E-state index in [0.29, 0.717) is 13.0 Å². The minimum absolute atomic E-state index is 0.351. The summed E-state index contributed by atoms with van der Waals surface area (Å²) in [6, 6.07) is -1.95. The average Bonchev–Trinajstić information content (AvgIpc) is 2.71. The van der Waals surface area contributed by atoms with Gasteiger partial charge in [-0.15, -0.1) is 0 Å². The first-order valence-corrected chi connectivity index (χ1v) is 5.83. The first kappa shape index (κ1) is 15.0. The third-order valence-corrected chi connectivity index (χ3v) is 2.49. The lowest BCUT2D eigenvalue weighted by atomic mass is 10.2. The number of hydrogen-bond acceptors (Lipinski definition) is 4. The molecule has 8 heteroatoms. The van der Waals surface area contributed by atoms with Crippen molar-refractivity contribution in [2.45, 2.75) is 25.5 Å². The predicted octanol–water partition coefficient (Wildman–Crippen LogP) is -0.904. The quantitative estimate of drug-likeness (QED) is 0.534. The van der Waals surface area contributed by atoms with Gasteiger partial charge in [0, 0.05) is 19.8 Å². The van der Waals surface area contributed by atoms with Crippen LogP contribution in [0.2, 0.25) is 0 Å². The van der Waals surface area contributed by atoms with Crippen LogP contribution in [0.5, 0.6) is 0 Å². The fourth-order valence-corrected chi connectivity index (χ4v) is 1.50. The van der Waals surface area contributed by atoms with Crippen LogP contribution in [0.25, 0.3) is 0 Å². The number of nitrogens with one attached hydrogen (secondary N) is 2. The van der Waals surface area contributed by atoms with Gasteiger partial charge >= 0.3 is 12.0 Å². The number of hydrogen-bond donors (Lipinski definition) is 4. The zero-order valence-electron chi connectivity index (χ0n) is 10.8. The summed E-state index contributed by atoms with van der Waals surface area (Å²) in [5, 5.41) is 26.7. The molecule has 0 aromatic carbocycles. The predicted molar refractivity (Wildman–Crippen MR) is 66.6 cm³/mol. The molecule has 4 N–H and O–H groups in total. The number of carbonyl (C=O) groups excluding carboxylic acids is 1. The molecular weight excluding hydrogens is 252 g/mol. The lowest BCUT2D eigenvalue weighted by molar-refractivity contribution is -0.141. The Morgan fingerprint density at radius 2 is 2.21 bits per heavy atom. The summed E-state index contributed by atoms with van der Waals surface area (Å²) in [4.78, 5) is 22.2. The molecule has 0 bridgehead atoms. The number of nitrogens with zero attached hydrogens (tertiary/aromatic N) is 2. The van der Waals surface area contributed by atoms with E-state index in [1.807, 2.05) is 6.20 Å². The number of aromatic nitrogens is 2. The van der Waals surface area contributed by atoms with Crippen LogP contribution >= 0.6 is 0 Å². The number of aliphatic hydroxyl groups excluding tert-OH is 1. The van der Waals surface area contributed by atoms with E-state index in [-0.39, 0.29) is 0 Å². The molecule has 2 unspecified atom stereocenters. The maximum atomic E-state index is 11.4. The van der Waals surface area contributed by atoms with E-state index in [2.05, 4.69) is 15.7 Å². The second-order valence-corrected chi connectivity index (χ2v) is 4.23. The highest BCUT2D eigenvalue weighted by Gasteiger charge is 2.24. The van der Waals surface area contributed by atoms with Gasteiger partial charge in [0.05, 0.1) is 12.3 Å². The van der Waals surface area contributed by atoms with Crippen molar-refractivity contribution in [2.75, 3.05) is 6.54 Å². The van der Waals surface area contributed by atoms with Gasteiger partial charge in [0.25, 0.3) is 0 Å². The smallest absolute Gasteiger partial charge is 0.328 e. The van der Waals surface area contributed by atoms with E-state index < -0.39 is 24.1 Å². The Morgan fingerprint density at radius 3 is 2.68 bits per heavy atom. The van der Waals surface area contributed by atoms with Crippen LogP contribution in [0, 0.1) is 0 Å². The van der Waals surface area contributed by atoms with Gasteiger partial charge in [-0.1, -0.05) is 0 Å². The molecule has 1 heterocycles. The van der Waals surface area contributed by atoms with Crippen LogP contribution in [0.1, 0.15) is 12.5 Å². The summed E-state index contributed by atoms with van der Waals surface area (Å²) in [7, 11) is 1.80. The number of carboxylic acids is 1. The number of aliphatic carboxylic acids is 1. The van der Waals surface area contributed by atoms with Gasteiger partial charge in [0.15, 0.2) is 6.04 Å². The molecule has 0 radical (unpaired) electrons. The van der Waals surface area contributed by atoms with Crippen LogP contribution in [0.15, 0.2) is 12.4 Å². The molecule has 1 aromatic heterocycles. The zero-order chi connectivity index (χ0) is 14.4. The summed E-state index contributed by atoms with van der Waals surface area (Å²) < 4.78 is 1.66. The van der Waals surface area contributed by atoms with Crippen molar-refractivity contribution in [3.05, 3.63) is 18.0 Å². The van der Waals surface area contributed by atoms with E-state index in [9.17, 15) is 14.7 Å². The highest BCUT2D eigenvalue weighted by Crippen LogP contribution is 1.96. The molecule has 1 aromatic rings. The van der Waals surface area contributed by atoms with E-state index in [1.54, 1.807) is 17.9 Å². The van der Waals surface area contributed by atoms with Crippen LogP contribution in [0.4, 0.5) is 4.79 Å². The normalized spacial score (nSPS) is 13.6. The fraction of sp³-hybridized carbons (Fsp3) is 0.545. The van der Waals surface area contributed by atoms with Crippen molar-refractivity contribution < 1.29 is 19.8 Å². The van der Waals surface area contributed by atoms with Crippen molar-refractivity contribution in [3.63, 3.8) is 0 Å². The van der Waals surface area contributed by atoms with Crippen molar-refractivity contribution >= 4 is 12.0 Å². The van der Waals surface area contributed by atoms with E-state index >= 15 is 0 Å². The SMILES string of the molecule is CC(O)C(NC(=O)NCCc1cnn(C)c1)C(=O)O. The molecule has 2 atom stereocenters. The monoisotopic (exact) mass is 270 g/mol. The Labute approximate surface area is 110 Å². The molecule has 0 fully saturated rings. The maximum absolute atomic E-state index is 11.4. The molecule has 0 saturated heterocycles. The Bertz CT molecular complexity index is 444. The molecule has 0 spiro atoms. The standard InChI is InChI=1S/C11H18N4O4/c1-7(16)9(10(17)18)14-11(19)12-4-3-8-5-13-15(2)6-8/h5-7,9,16H,3-4H2,1-2H3,(H,17,18)(H2,12,14,19). The van der Waals surface area contributed by atoms with Crippen LogP contribution in [0.3, 0.4) is 0 Å². The number of urea groups is 1. The molecular formula is C11H18N4O4. The minimum atomic E-state index is -1.32. The summed E-state index contributed by atoms with van der Waals surface area (Å²) in [6.07, 6.45) is 2.94. The molecule has 2 amide bonds. The number of aryl methyl sites for hydroxylation is 1. The number of carbonyl (C=O) groups is 2. The Kier molecular flexibility index (Phi) is 5.31. The van der Waals surface area contributed by atoms with Crippen molar-refractivity contribution in [1.29, 1.82) is 0 Å². The Hall–Kier alpha value is -2.09. The summed E-state index contributed by atoms with van der Waals surface area (Å²) in [5.41, 5.74) is 0.966. The second kappa shape index (κ2) is 6.74. The first-order chi connectivity index (χ1) is 8.90. The van der Waals surface area contributed by atoms with Gasteiger partial charge in [0.1, 0.15) is 0 Å². The molecule has 1 rings (SSSR count). The Morgan fingerprint density at radius 1 is 1.53 bits per heavy atom. The second-order valence-electron chi connectivity index (χ2n) is 4.23. The fourth-order valence-electron chi connectivity index (χ4n) is 1.50. The molecule has 0 aliphatic heterocycles. The van der Waals surface area contributed by atoms with Crippen molar-refractivity contribution in [2.24, 2.45) is 7.05 Å². The van der Waals surface area contributed by atoms with Gasteiger partial charge in [-0.2, -0.15) is 5.10 Å². The van der Waals surface area contributed by atoms with E-state index in [4.69, 9.17) is 5.11 Å². The number of carboxylic acid groups (broad SMARTS) is 1. The van der Waals surface area contributed by atoms with E-state index in [1.165, 1.54) is 6.92 Å². The number of rotatable bonds is 6. The van der Waals surface area contributed by atoms with Gasteiger partial charge in [0.2, 0.25) is 0 Å². The molecule has 0 aliphatic carbocycles. The highest BCUT2D eigenvalue weighted by atomic mass is 16.4. The minimum Gasteiger partial charge on any atom is -0.480 e. The topological polar surface area (TPSA) is 116 Å². The van der Waals surface area contributed by atoms with Crippen LogP contribution < -0.4 is 10.6 Å². The molecule has 0 aliphatic rings. The summed E-state index contributed by atoms with van der Waals surface area (Å²) >= 11 is 0. The summed E-state index contributed by atoms with van der Waals surface area (Å²) in [5.74, 6) is -1.28. The highest BCUT2D eigenvalue weighted by molar-refractivity contribution is 5.82. The average molecular weight is 270 g/mol. The van der Waals surface area contributed by atoms with E-state index in [0.717, 1.165) is 5.56 Å². The van der Waals surface area contributed by atoms with Crippen LogP contribution in [-0.2, 0) is 18.3 Å². The largest absolute Gasteiger partial charge is 0.480 e. The third-order valence-electron chi connectivity index (χ3n) is 2.49. The first-order valence-electron chi connectivity index (χ1n) is 5.83. The van der Waals surface area contributed by atoms with Crippen molar-refractivity contribution in [3.8, 4) is 0 Å². The molecule has 106 valence electrons. The van der Waals surface area contributed by atoms with Crippen molar-refractivity contribution in [1.82, 2.24) is 20.4 Å². The van der Waals surface area contributed by atoms with Gasteiger partial charge < -0.3 is 20.8 Å². The lowest BCUT2D eigenvalue weighted by Crippen LogP contribution is -2.51. The summed E-state index contributed by atoms with van der Waals surface area (Å²) in [6.45, 7) is 1.65. The molecule has 8 nitrogen and oxygen atoms in total. The van der Waals surface area contributed by atoms with Gasteiger partial charge in [-0.05, 0) is 18.9 Å². The zero-order valence-corrected chi connectivity index (χ0v) is 10.8. The van der Waals surface area contributed by atoms with Gasteiger partial charge in [-0.3, -0.25) is 4.68 Å². The van der Waals surface area contributed by atoms with Gasteiger partial charge in [-0.25, -0.2) is 9.59 Å². The maximum Gasteiger partial charge on any atom is 0.328 e. The Balaban J connectivity index is 2.33. The van der Waals surface area contributed by atoms with Crippen LogP contribution in [-0.4, -0.2) is 50.7 Å². The third kappa shape index (κ3) is 4.96. The lowest BCUT2D eigenvalue weighted by Gasteiger charge is -2.17. The number of aliphatic hydroxyl groups is 1. The molecule has 0 saturated carbocycles. The number of amides is 2. The molecule has 19 heavy (non-hydrogen) atoms.